The number of rotatable bonds is 5. The minimum atomic E-state index is -3.11. The maximum absolute atomic E-state index is 12.7. The normalized spacial score (nSPS) is 11.2. The van der Waals surface area contributed by atoms with Gasteiger partial charge in [0.25, 0.3) is 5.92 Å². The number of nitrogens with zero attached hydrogens (tertiary/aromatic N) is 1. The highest BCUT2D eigenvalue weighted by Gasteiger charge is 2.27. The Morgan fingerprint density at radius 2 is 2.27 bits per heavy atom. The van der Waals surface area contributed by atoms with Gasteiger partial charge in [-0.05, 0) is 6.07 Å². The molecule has 0 saturated heterocycles. The molecule has 0 fully saturated rings. The third kappa shape index (κ3) is 3.67. The SMILES string of the molecule is CNc1cc(NCC(F)(F)CO)ccn1. The van der Waals surface area contributed by atoms with Crippen LogP contribution < -0.4 is 10.6 Å². The van der Waals surface area contributed by atoms with Crippen molar-refractivity contribution >= 4 is 11.5 Å². The number of aliphatic hydroxyl groups excluding tert-OH is 1. The van der Waals surface area contributed by atoms with Gasteiger partial charge in [-0.25, -0.2) is 13.8 Å². The van der Waals surface area contributed by atoms with Crippen molar-refractivity contribution in [1.29, 1.82) is 0 Å². The van der Waals surface area contributed by atoms with Gasteiger partial charge in [-0.1, -0.05) is 0 Å². The monoisotopic (exact) mass is 217 g/mol. The fourth-order valence-electron chi connectivity index (χ4n) is 0.964. The molecule has 0 aliphatic rings. The molecule has 3 N–H and O–H groups in total. The van der Waals surface area contributed by atoms with Crippen LogP contribution in [-0.4, -0.2) is 36.2 Å². The molecule has 84 valence electrons. The molecule has 0 radical (unpaired) electrons. The van der Waals surface area contributed by atoms with Crippen molar-refractivity contribution in [2.75, 3.05) is 30.8 Å². The van der Waals surface area contributed by atoms with Crippen molar-refractivity contribution in [2.24, 2.45) is 0 Å². The van der Waals surface area contributed by atoms with Gasteiger partial charge in [-0.3, -0.25) is 0 Å². The second kappa shape index (κ2) is 4.88. The van der Waals surface area contributed by atoms with E-state index in [1.54, 1.807) is 19.2 Å². The van der Waals surface area contributed by atoms with Crippen LogP contribution in [0.3, 0.4) is 0 Å². The van der Waals surface area contributed by atoms with Crippen LogP contribution in [0.25, 0.3) is 0 Å². The average Bonchev–Trinajstić information content (AvgIpc) is 2.27. The minimum Gasteiger partial charge on any atom is -0.390 e. The predicted octanol–water partition coefficient (Wildman–Crippen LogP) is 1.16. The van der Waals surface area contributed by atoms with Crippen molar-refractivity contribution < 1.29 is 13.9 Å². The van der Waals surface area contributed by atoms with E-state index >= 15 is 0 Å². The summed E-state index contributed by atoms with van der Waals surface area (Å²) in [6.07, 6.45) is 1.51. The van der Waals surface area contributed by atoms with Gasteiger partial charge in [0, 0.05) is 25.0 Å². The molecule has 0 spiro atoms. The van der Waals surface area contributed by atoms with Crippen LogP contribution >= 0.6 is 0 Å². The Hall–Kier alpha value is -1.43. The lowest BCUT2D eigenvalue weighted by molar-refractivity contribution is -0.0372. The summed E-state index contributed by atoms with van der Waals surface area (Å²) < 4.78 is 25.4. The van der Waals surface area contributed by atoms with Crippen molar-refractivity contribution in [3.8, 4) is 0 Å². The van der Waals surface area contributed by atoms with Gasteiger partial charge < -0.3 is 15.7 Å². The largest absolute Gasteiger partial charge is 0.390 e. The fourth-order valence-corrected chi connectivity index (χ4v) is 0.964. The van der Waals surface area contributed by atoms with Crippen molar-refractivity contribution in [2.45, 2.75) is 5.92 Å². The molecule has 6 heteroatoms. The number of anilines is 2. The number of hydrogen-bond acceptors (Lipinski definition) is 4. The van der Waals surface area contributed by atoms with Crippen LogP contribution in [0.2, 0.25) is 0 Å². The second-order valence-corrected chi connectivity index (χ2v) is 3.05. The number of hydrogen-bond donors (Lipinski definition) is 3. The van der Waals surface area contributed by atoms with E-state index in [-0.39, 0.29) is 0 Å². The van der Waals surface area contributed by atoms with E-state index in [1.807, 2.05) is 0 Å². The second-order valence-electron chi connectivity index (χ2n) is 3.05. The van der Waals surface area contributed by atoms with Crippen molar-refractivity contribution in [1.82, 2.24) is 4.98 Å². The van der Waals surface area contributed by atoms with E-state index in [4.69, 9.17) is 5.11 Å². The zero-order chi connectivity index (χ0) is 11.3. The van der Waals surface area contributed by atoms with Crippen LogP contribution in [0, 0.1) is 0 Å². The average molecular weight is 217 g/mol. The molecular formula is C9H13F2N3O. The summed E-state index contributed by atoms with van der Waals surface area (Å²) in [5.74, 6) is -2.52. The molecule has 1 rings (SSSR count). The molecule has 0 amide bonds. The molecular weight excluding hydrogens is 204 g/mol. The summed E-state index contributed by atoms with van der Waals surface area (Å²) in [5.41, 5.74) is 0.530. The van der Waals surface area contributed by atoms with Crippen LogP contribution in [0.15, 0.2) is 18.3 Å². The Morgan fingerprint density at radius 3 is 2.87 bits per heavy atom. The molecule has 15 heavy (non-hydrogen) atoms. The van der Waals surface area contributed by atoms with Crippen LogP contribution in [0.4, 0.5) is 20.3 Å². The standard InChI is InChI=1S/C9H13F2N3O/c1-12-8-4-7(2-3-13-8)14-5-9(10,11)6-15/h2-4,15H,5-6H2,1H3,(H2,12,13,14). The molecule has 0 aliphatic heterocycles. The quantitative estimate of drug-likeness (QED) is 0.692. The van der Waals surface area contributed by atoms with Gasteiger partial charge >= 0.3 is 0 Å². The topological polar surface area (TPSA) is 57.2 Å². The van der Waals surface area contributed by atoms with Gasteiger partial charge in [0.2, 0.25) is 0 Å². The molecule has 4 nitrogen and oxygen atoms in total. The summed E-state index contributed by atoms with van der Waals surface area (Å²) in [4.78, 5) is 3.93. The minimum absolute atomic E-state index is 0.530. The summed E-state index contributed by atoms with van der Waals surface area (Å²) in [6, 6.07) is 3.18. The Labute approximate surface area is 86.3 Å². The lowest BCUT2D eigenvalue weighted by atomic mass is 10.3. The molecule has 0 aromatic carbocycles. The third-order valence-corrected chi connectivity index (χ3v) is 1.80. The highest BCUT2D eigenvalue weighted by Crippen LogP contribution is 2.16. The van der Waals surface area contributed by atoms with Crippen molar-refractivity contribution in [3.63, 3.8) is 0 Å². The first-order valence-electron chi connectivity index (χ1n) is 4.44. The van der Waals surface area contributed by atoms with E-state index in [0.717, 1.165) is 0 Å². The molecule has 1 heterocycles. The summed E-state index contributed by atoms with van der Waals surface area (Å²) >= 11 is 0. The summed E-state index contributed by atoms with van der Waals surface area (Å²) in [5, 5.41) is 13.7. The first-order valence-corrected chi connectivity index (χ1v) is 4.44. The molecule has 0 aliphatic carbocycles. The van der Waals surface area contributed by atoms with Gasteiger partial charge in [0.05, 0.1) is 6.54 Å². The van der Waals surface area contributed by atoms with Crippen LogP contribution in [-0.2, 0) is 0 Å². The maximum atomic E-state index is 12.7. The zero-order valence-electron chi connectivity index (χ0n) is 8.30. The van der Waals surface area contributed by atoms with Gasteiger partial charge in [-0.2, -0.15) is 0 Å². The molecule has 1 aromatic heterocycles. The number of aromatic nitrogens is 1. The number of nitrogens with one attached hydrogen (secondary N) is 2. The van der Waals surface area contributed by atoms with Gasteiger partial charge in [-0.15, -0.1) is 0 Å². The Kier molecular flexibility index (Phi) is 3.79. The number of aliphatic hydroxyl groups is 1. The molecule has 1 aromatic rings. The van der Waals surface area contributed by atoms with E-state index in [9.17, 15) is 8.78 Å². The molecule has 0 unspecified atom stereocenters. The highest BCUT2D eigenvalue weighted by molar-refractivity contribution is 5.51. The summed E-state index contributed by atoms with van der Waals surface area (Å²) in [6.45, 7) is -1.76. The predicted molar refractivity (Wildman–Crippen MR) is 54.3 cm³/mol. The number of alkyl halides is 2. The van der Waals surface area contributed by atoms with Gasteiger partial charge in [0.15, 0.2) is 0 Å². The van der Waals surface area contributed by atoms with Crippen molar-refractivity contribution in [3.05, 3.63) is 18.3 Å². The lowest BCUT2D eigenvalue weighted by Gasteiger charge is -2.15. The Morgan fingerprint density at radius 1 is 1.53 bits per heavy atom. The third-order valence-electron chi connectivity index (χ3n) is 1.80. The first kappa shape index (κ1) is 11.6. The number of pyridine rings is 1. The Bertz CT molecular complexity index is 320. The smallest absolute Gasteiger partial charge is 0.287 e. The molecule has 0 atom stereocenters. The lowest BCUT2D eigenvalue weighted by Crippen LogP contribution is -2.31. The van der Waals surface area contributed by atoms with E-state index in [0.29, 0.717) is 11.5 Å². The van der Waals surface area contributed by atoms with E-state index in [2.05, 4.69) is 15.6 Å². The zero-order valence-corrected chi connectivity index (χ0v) is 8.30. The fraction of sp³-hybridized carbons (Fsp3) is 0.444. The van der Waals surface area contributed by atoms with E-state index in [1.165, 1.54) is 6.20 Å². The first-order chi connectivity index (χ1) is 7.07. The Balaban J connectivity index is 2.57. The van der Waals surface area contributed by atoms with Gasteiger partial charge in [0.1, 0.15) is 12.4 Å². The summed E-state index contributed by atoms with van der Waals surface area (Å²) in [7, 11) is 1.69. The highest BCUT2D eigenvalue weighted by atomic mass is 19.3. The van der Waals surface area contributed by atoms with E-state index < -0.39 is 19.1 Å². The van der Waals surface area contributed by atoms with Crippen LogP contribution in [0.5, 0.6) is 0 Å². The molecule has 0 saturated carbocycles. The maximum Gasteiger partial charge on any atom is 0.287 e. The molecule has 0 bridgehead atoms. The number of halogens is 2. The van der Waals surface area contributed by atoms with Crippen LogP contribution in [0.1, 0.15) is 0 Å².